The Balaban J connectivity index is 2.89. The van der Waals surface area contributed by atoms with Crippen molar-refractivity contribution in [3.8, 4) is 0 Å². The molecule has 5 heteroatoms. The molecule has 1 atom stereocenters. The number of nitrogens with zero attached hydrogens (tertiary/aromatic N) is 1. The Morgan fingerprint density at radius 1 is 1.60 bits per heavy atom. The van der Waals surface area contributed by atoms with Gasteiger partial charge in [0.1, 0.15) is 5.78 Å². The van der Waals surface area contributed by atoms with Crippen LogP contribution >= 0.6 is 0 Å². The fraction of sp³-hybridized carbons (Fsp3) is 0.300. The van der Waals surface area contributed by atoms with Crippen LogP contribution in [0.5, 0.6) is 0 Å². The van der Waals surface area contributed by atoms with E-state index in [4.69, 9.17) is 0 Å². The highest BCUT2D eigenvalue weighted by Gasteiger charge is 2.13. The number of rotatable bonds is 4. The molecule has 1 rings (SSSR count). The first-order chi connectivity index (χ1) is 7.00. The van der Waals surface area contributed by atoms with Crippen molar-refractivity contribution in [2.75, 3.05) is 0 Å². The van der Waals surface area contributed by atoms with Gasteiger partial charge in [0, 0.05) is 18.6 Å². The van der Waals surface area contributed by atoms with Crippen molar-refractivity contribution in [1.82, 2.24) is 0 Å². The summed E-state index contributed by atoms with van der Waals surface area (Å²) in [5, 5.41) is 20.0. The molecule has 0 amide bonds. The maximum absolute atomic E-state index is 10.8. The summed E-state index contributed by atoms with van der Waals surface area (Å²) in [6.45, 7) is 1.36. The van der Waals surface area contributed by atoms with Crippen molar-refractivity contribution < 1.29 is 14.8 Å². The van der Waals surface area contributed by atoms with Crippen LogP contribution in [0.1, 0.15) is 25.0 Å². The van der Waals surface area contributed by atoms with E-state index in [-0.39, 0.29) is 17.9 Å². The van der Waals surface area contributed by atoms with E-state index in [0.717, 1.165) is 0 Å². The monoisotopic (exact) mass is 209 g/mol. The summed E-state index contributed by atoms with van der Waals surface area (Å²) in [6, 6.07) is 5.65. The zero-order valence-electron chi connectivity index (χ0n) is 8.21. The van der Waals surface area contributed by atoms with Crippen LogP contribution < -0.4 is 0 Å². The van der Waals surface area contributed by atoms with Crippen LogP contribution in [0.25, 0.3) is 0 Å². The Morgan fingerprint density at radius 2 is 2.27 bits per heavy atom. The van der Waals surface area contributed by atoms with Crippen molar-refractivity contribution in [3.05, 3.63) is 39.9 Å². The molecule has 0 aliphatic heterocycles. The average Bonchev–Trinajstić information content (AvgIpc) is 2.17. The second-order valence-corrected chi connectivity index (χ2v) is 3.27. The number of nitro benzene ring substituents is 1. The van der Waals surface area contributed by atoms with E-state index in [2.05, 4.69) is 0 Å². The van der Waals surface area contributed by atoms with Crippen molar-refractivity contribution in [2.24, 2.45) is 0 Å². The van der Waals surface area contributed by atoms with E-state index in [9.17, 15) is 20.0 Å². The molecule has 5 nitrogen and oxygen atoms in total. The number of aliphatic hydroxyl groups is 1. The molecule has 0 heterocycles. The fourth-order valence-electron chi connectivity index (χ4n) is 1.24. The predicted molar refractivity (Wildman–Crippen MR) is 53.4 cm³/mol. The van der Waals surface area contributed by atoms with Gasteiger partial charge in [-0.1, -0.05) is 12.1 Å². The predicted octanol–water partition coefficient (Wildman–Crippen LogP) is 1.61. The molecule has 0 bridgehead atoms. The van der Waals surface area contributed by atoms with Crippen LogP contribution in [0, 0.1) is 10.1 Å². The molecule has 0 aliphatic carbocycles. The van der Waals surface area contributed by atoms with Gasteiger partial charge in [0.05, 0.1) is 11.0 Å². The number of carbonyl (C=O) groups is 1. The molecular formula is C10H11NO4. The molecule has 0 aromatic heterocycles. The summed E-state index contributed by atoms with van der Waals surface area (Å²) in [6.07, 6.45) is -0.997. The Morgan fingerprint density at radius 3 is 2.80 bits per heavy atom. The van der Waals surface area contributed by atoms with E-state index in [1.54, 1.807) is 6.07 Å². The van der Waals surface area contributed by atoms with E-state index >= 15 is 0 Å². The number of nitro groups is 1. The number of non-ortho nitro benzene ring substituents is 1. The van der Waals surface area contributed by atoms with Gasteiger partial charge in [-0.2, -0.15) is 0 Å². The van der Waals surface area contributed by atoms with Gasteiger partial charge in [0.2, 0.25) is 0 Å². The summed E-state index contributed by atoms with van der Waals surface area (Å²) in [5.41, 5.74) is 0.300. The lowest BCUT2D eigenvalue weighted by Gasteiger charge is -2.07. The number of hydrogen-bond donors (Lipinski definition) is 1. The van der Waals surface area contributed by atoms with Crippen LogP contribution in [-0.2, 0) is 4.79 Å². The van der Waals surface area contributed by atoms with Crippen LogP contribution in [-0.4, -0.2) is 15.8 Å². The smallest absolute Gasteiger partial charge is 0.269 e. The standard InChI is InChI=1S/C10H11NO4/c1-7(12)5-10(13)8-3-2-4-9(6-8)11(14)15/h2-4,6,10,13H,5H2,1H3. The van der Waals surface area contributed by atoms with Crippen LogP contribution in [0.15, 0.2) is 24.3 Å². The molecule has 1 unspecified atom stereocenters. The molecule has 0 spiro atoms. The Labute approximate surface area is 86.5 Å². The maximum atomic E-state index is 10.8. The first-order valence-corrected chi connectivity index (χ1v) is 4.42. The molecule has 0 fully saturated rings. The number of benzene rings is 1. The largest absolute Gasteiger partial charge is 0.388 e. The Hall–Kier alpha value is -1.75. The molecule has 0 saturated carbocycles. The van der Waals surface area contributed by atoms with Gasteiger partial charge < -0.3 is 5.11 Å². The zero-order chi connectivity index (χ0) is 11.4. The summed E-state index contributed by atoms with van der Waals surface area (Å²) in [7, 11) is 0. The van der Waals surface area contributed by atoms with E-state index in [1.807, 2.05) is 0 Å². The minimum absolute atomic E-state index is 0.0266. The van der Waals surface area contributed by atoms with Crippen molar-refractivity contribution in [2.45, 2.75) is 19.4 Å². The first-order valence-electron chi connectivity index (χ1n) is 4.42. The lowest BCUT2D eigenvalue weighted by atomic mass is 10.0. The molecule has 80 valence electrons. The van der Waals surface area contributed by atoms with Crippen molar-refractivity contribution in [3.63, 3.8) is 0 Å². The van der Waals surface area contributed by atoms with Gasteiger partial charge in [0.15, 0.2) is 0 Å². The fourth-order valence-corrected chi connectivity index (χ4v) is 1.24. The Bertz CT molecular complexity index is 389. The third-order valence-electron chi connectivity index (χ3n) is 1.95. The van der Waals surface area contributed by atoms with Crippen LogP contribution in [0.3, 0.4) is 0 Å². The van der Waals surface area contributed by atoms with E-state index in [0.29, 0.717) is 5.56 Å². The quantitative estimate of drug-likeness (QED) is 0.603. The van der Waals surface area contributed by atoms with Crippen LogP contribution in [0.4, 0.5) is 5.69 Å². The number of carbonyl (C=O) groups excluding carboxylic acids is 1. The summed E-state index contributed by atoms with van der Waals surface area (Å²) in [5.74, 6) is -0.158. The SMILES string of the molecule is CC(=O)CC(O)c1cccc([N+](=O)[O-])c1. The van der Waals surface area contributed by atoms with E-state index in [1.165, 1.54) is 25.1 Å². The molecular weight excluding hydrogens is 198 g/mol. The Kier molecular flexibility index (Phi) is 3.51. The molecule has 15 heavy (non-hydrogen) atoms. The molecule has 0 saturated heterocycles. The third-order valence-corrected chi connectivity index (χ3v) is 1.95. The molecule has 0 radical (unpaired) electrons. The van der Waals surface area contributed by atoms with Gasteiger partial charge in [-0.15, -0.1) is 0 Å². The highest BCUT2D eigenvalue weighted by molar-refractivity contribution is 5.76. The number of Topliss-reactive ketones (excluding diaryl/α,β-unsaturated/α-hetero) is 1. The highest BCUT2D eigenvalue weighted by atomic mass is 16.6. The first kappa shape index (κ1) is 11.3. The molecule has 0 aliphatic rings. The number of aliphatic hydroxyl groups excluding tert-OH is 1. The van der Waals surface area contributed by atoms with E-state index < -0.39 is 11.0 Å². The topological polar surface area (TPSA) is 80.4 Å². The zero-order valence-corrected chi connectivity index (χ0v) is 8.21. The normalized spacial score (nSPS) is 12.1. The minimum atomic E-state index is -0.970. The van der Waals surface area contributed by atoms with Gasteiger partial charge in [-0.05, 0) is 12.5 Å². The summed E-state index contributed by atoms with van der Waals surface area (Å²) < 4.78 is 0. The molecule has 1 N–H and O–H groups in total. The third kappa shape index (κ3) is 3.14. The maximum Gasteiger partial charge on any atom is 0.269 e. The average molecular weight is 209 g/mol. The summed E-state index contributed by atoms with van der Waals surface area (Å²) >= 11 is 0. The van der Waals surface area contributed by atoms with Crippen molar-refractivity contribution in [1.29, 1.82) is 0 Å². The molecule has 1 aromatic rings. The van der Waals surface area contributed by atoms with Crippen molar-refractivity contribution >= 4 is 11.5 Å². The molecule has 1 aromatic carbocycles. The van der Waals surface area contributed by atoms with Gasteiger partial charge in [-0.25, -0.2) is 0 Å². The van der Waals surface area contributed by atoms with Crippen LogP contribution in [0.2, 0.25) is 0 Å². The number of ketones is 1. The van der Waals surface area contributed by atoms with Gasteiger partial charge >= 0.3 is 0 Å². The second-order valence-electron chi connectivity index (χ2n) is 3.27. The summed E-state index contributed by atoms with van der Waals surface area (Å²) in [4.78, 5) is 20.7. The second kappa shape index (κ2) is 4.65. The van der Waals surface area contributed by atoms with Gasteiger partial charge in [0.25, 0.3) is 5.69 Å². The highest BCUT2D eigenvalue weighted by Crippen LogP contribution is 2.21. The van der Waals surface area contributed by atoms with Gasteiger partial charge in [-0.3, -0.25) is 14.9 Å². The minimum Gasteiger partial charge on any atom is -0.388 e. The number of hydrogen-bond acceptors (Lipinski definition) is 4. The lowest BCUT2D eigenvalue weighted by molar-refractivity contribution is -0.385. The lowest BCUT2D eigenvalue weighted by Crippen LogP contribution is -2.03.